The first kappa shape index (κ1) is 16.5. The fraction of sp³-hybridized carbons (Fsp3) is 0.150. The Kier molecular flexibility index (Phi) is 4.26. The lowest BCUT2D eigenvalue weighted by molar-refractivity contribution is 0.415. The Morgan fingerprint density at radius 1 is 1.19 bits per heavy atom. The number of thiophene rings is 1. The molecule has 26 heavy (non-hydrogen) atoms. The Morgan fingerprint density at radius 2 is 2.08 bits per heavy atom. The summed E-state index contributed by atoms with van der Waals surface area (Å²) < 4.78 is 5.34. The van der Waals surface area contributed by atoms with E-state index in [9.17, 15) is 4.79 Å². The Hall–Kier alpha value is -2.99. The van der Waals surface area contributed by atoms with Crippen molar-refractivity contribution in [3.05, 3.63) is 63.9 Å². The van der Waals surface area contributed by atoms with Gasteiger partial charge in [0, 0.05) is 16.6 Å². The molecule has 0 radical (unpaired) electrons. The van der Waals surface area contributed by atoms with Gasteiger partial charge in [-0.2, -0.15) is 0 Å². The highest BCUT2D eigenvalue weighted by Gasteiger charge is 2.19. The maximum atomic E-state index is 12.9. The molecule has 0 bridgehead atoms. The molecule has 5 nitrogen and oxygen atoms in total. The zero-order valence-electron chi connectivity index (χ0n) is 14.4. The van der Waals surface area contributed by atoms with Gasteiger partial charge in [0.15, 0.2) is 5.82 Å². The van der Waals surface area contributed by atoms with E-state index in [2.05, 4.69) is 21.9 Å². The van der Waals surface area contributed by atoms with Crippen molar-refractivity contribution in [1.82, 2.24) is 15.0 Å². The molecule has 0 atom stereocenters. The predicted octanol–water partition coefficient (Wildman–Crippen LogP) is 4.28. The fourth-order valence-corrected chi connectivity index (χ4v) is 4.14. The first-order valence-electron chi connectivity index (χ1n) is 8.32. The molecule has 4 aromatic rings. The molecular formula is C20H17N3O2S. The van der Waals surface area contributed by atoms with E-state index in [1.54, 1.807) is 24.6 Å². The number of hydrogen-bond donors (Lipinski definition) is 1. The van der Waals surface area contributed by atoms with Crippen molar-refractivity contribution >= 4 is 21.6 Å². The van der Waals surface area contributed by atoms with Gasteiger partial charge in [-0.05, 0) is 36.2 Å². The molecule has 3 heterocycles. The molecule has 0 aliphatic heterocycles. The Morgan fingerprint density at radius 3 is 2.81 bits per heavy atom. The van der Waals surface area contributed by atoms with E-state index in [-0.39, 0.29) is 5.56 Å². The Labute approximate surface area is 154 Å². The number of aryl methyl sites for hydroxylation is 1. The number of aromatic nitrogens is 3. The molecule has 0 saturated carbocycles. The average molecular weight is 363 g/mol. The van der Waals surface area contributed by atoms with E-state index in [4.69, 9.17) is 4.74 Å². The maximum absolute atomic E-state index is 12.9. The molecule has 0 saturated heterocycles. The minimum atomic E-state index is -0.149. The average Bonchev–Trinajstić information content (AvgIpc) is 3.08. The first-order chi connectivity index (χ1) is 12.7. The molecule has 6 heteroatoms. The number of ether oxygens (including phenoxy) is 1. The van der Waals surface area contributed by atoms with Crippen molar-refractivity contribution in [3.8, 4) is 28.4 Å². The molecule has 0 unspecified atom stereocenters. The number of methoxy groups -OCH3 is 1. The van der Waals surface area contributed by atoms with Crippen molar-refractivity contribution < 1.29 is 4.74 Å². The number of aromatic amines is 1. The minimum Gasteiger partial charge on any atom is -0.497 e. The summed E-state index contributed by atoms with van der Waals surface area (Å²) in [5.41, 5.74) is 2.41. The van der Waals surface area contributed by atoms with Crippen molar-refractivity contribution in [2.75, 3.05) is 7.11 Å². The lowest BCUT2D eigenvalue weighted by Gasteiger charge is -2.06. The van der Waals surface area contributed by atoms with E-state index in [0.29, 0.717) is 16.9 Å². The van der Waals surface area contributed by atoms with Crippen molar-refractivity contribution in [2.45, 2.75) is 13.3 Å². The number of H-pyrrole nitrogens is 1. The van der Waals surface area contributed by atoms with Crippen LogP contribution in [0, 0.1) is 0 Å². The van der Waals surface area contributed by atoms with Gasteiger partial charge >= 0.3 is 0 Å². The van der Waals surface area contributed by atoms with Gasteiger partial charge in [0.1, 0.15) is 16.3 Å². The zero-order chi connectivity index (χ0) is 18.1. The van der Waals surface area contributed by atoms with Gasteiger partial charge in [-0.15, -0.1) is 11.3 Å². The number of benzene rings is 1. The van der Waals surface area contributed by atoms with Crippen LogP contribution in [0.25, 0.3) is 32.9 Å². The number of nitrogens with zero attached hydrogens (tertiary/aromatic N) is 2. The van der Waals surface area contributed by atoms with Gasteiger partial charge in [0.25, 0.3) is 5.56 Å². The summed E-state index contributed by atoms with van der Waals surface area (Å²) >= 11 is 1.56. The molecule has 0 spiro atoms. The molecule has 1 N–H and O–H groups in total. The van der Waals surface area contributed by atoms with Crippen LogP contribution in [-0.2, 0) is 6.42 Å². The molecule has 0 aliphatic carbocycles. The third-order valence-corrected chi connectivity index (χ3v) is 5.45. The number of pyridine rings is 1. The smallest absolute Gasteiger partial charge is 0.260 e. The molecule has 0 fully saturated rings. The molecule has 0 amide bonds. The minimum absolute atomic E-state index is 0.149. The lowest BCUT2D eigenvalue weighted by atomic mass is 10.0. The standard InChI is InChI=1S/C20H17N3O2S/c1-3-15-16(12-7-6-8-13(11-12)25-2)17-19(24)22-18(23-20(17)26-15)14-9-4-5-10-21-14/h4-11H,3H2,1-2H3,(H,22,23,24). The number of rotatable bonds is 4. The van der Waals surface area contributed by atoms with Crippen molar-refractivity contribution in [1.29, 1.82) is 0 Å². The normalized spacial score (nSPS) is 11.0. The summed E-state index contributed by atoms with van der Waals surface area (Å²) in [5.74, 6) is 1.25. The molecule has 0 aliphatic rings. The maximum Gasteiger partial charge on any atom is 0.260 e. The Bertz CT molecular complexity index is 1130. The molecular weight excluding hydrogens is 346 g/mol. The highest BCUT2D eigenvalue weighted by atomic mass is 32.1. The quantitative estimate of drug-likeness (QED) is 0.587. The van der Waals surface area contributed by atoms with Crippen molar-refractivity contribution in [3.63, 3.8) is 0 Å². The fourth-order valence-electron chi connectivity index (χ4n) is 3.01. The Balaban J connectivity index is 1.98. The summed E-state index contributed by atoms with van der Waals surface area (Å²) in [7, 11) is 1.64. The van der Waals surface area contributed by atoms with Crippen molar-refractivity contribution in [2.24, 2.45) is 0 Å². The highest BCUT2D eigenvalue weighted by Crippen LogP contribution is 2.38. The predicted molar refractivity (Wildman–Crippen MR) is 105 cm³/mol. The largest absolute Gasteiger partial charge is 0.497 e. The summed E-state index contributed by atoms with van der Waals surface area (Å²) in [6.07, 6.45) is 2.51. The second-order valence-electron chi connectivity index (χ2n) is 5.80. The molecule has 4 rings (SSSR count). The van der Waals surface area contributed by atoms with E-state index in [1.807, 2.05) is 42.5 Å². The van der Waals surface area contributed by atoms with Crippen LogP contribution in [0.3, 0.4) is 0 Å². The third-order valence-electron chi connectivity index (χ3n) is 4.22. The van der Waals surface area contributed by atoms with Crippen LogP contribution in [0.1, 0.15) is 11.8 Å². The van der Waals surface area contributed by atoms with Crippen LogP contribution in [-0.4, -0.2) is 22.1 Å². The van der Waals surface area contributed by atoms with Crippen LogP contribution >= 0.6 is 11.3 Å². The van der Waals surface area contributed by atoms with E-state index >= 15 is 0 Å². The number of nitrogens with one attached hydrogen (secondary N) is 1. The van der Waals surface area contributed by atoms with E-state index < -0.39 is 0 Å². The zero-order valence-corrected chi connectivity index (χ0v) is 15.3. The van der Waals surface area contributed by atoms with Gasteiger partial charge < -0.3 is 9.72 Å². The topological polar surface area (TPSA) is 67.9 Å². The van der Waals surface area contributed by atoms with E-state index in [0.717, 1.165) is 33.0 Å². The van der Waals surface area contributed by atoms with Gasteiger partial charge in [-0.25, -0.2) is 4.98 Å². The van der Waals surface area contributed by atoms with Gasteiger partial charge in [0.05, 0.1) is 12.5 Å². The SMILES string of the molecule is CCc1sc2nc(-c3ccccn3)[nH]c(=O)c2c1-c1cccc(OC)c1. The first-order valence-corrected chi connectivity index (χ1v) is 9.14. The molecule has 1 aromatic carbocycles. The van der Waals surface area contributed by atoms with Crippen LogP contribution < -0.4 is 10.3 Å². The number of fused-ring (bicyclic) bond motifs is 1. The summed E-state index contributed by atoms with van der Waals surface area (Å²) in [4.78, 5) is 26.6. The lowest BCUT2D eigenvalue weighted by Crippen LogP contribution is -2.09. The monoisotopic (exact) mass is 363 g/mol. The summed E-state index contributed by atoms with van der Waals surface area (Å²) in [6, 6.07) is 13.3. The second-order valence-corrected chi connectivity index (χ2v) is 6.88. The van der Waals surface area contributed by atoms with Gasteiger partial charge in [-0.3, -0.25) is 9.78 Å². The third kappa shape index (κ3) is 2.78. The molecule has 3 aromatic heterocycles. The van der Waals surface area contributed by atoms with E-state index in [1.165, 1.54) is 0 Å². The molecule has 130 valence electrons. The van der Waals surface area contributed by atoms with Crippen LogP contribution in [0.2, 0.25) is 0 Å². The van der Waals surface area contributed by atoms with Crippen LogP contribution in [0.15, 0.2) is 53.5 Å². The van der Waals surface area contributed by atoms with Crippen LogP contribution in [0.4, 0.5) is 0 Å². The number of hydrogen-bond acceptors (Lipinski definition) is 5. The van der Waals surface area contributed by atoms with Crippen LogP contribution in [0.5, 0.6) is 5.75 Å². The van der Waals surface area contributed by atoms with Gasteiger partial charge in [-0.1, -0.05) is 25.1 Å². The van der Waals surface area contributed by atoms with Gasteiger partial charge in [0.2, 0.25) is 0 Å². The highest BCUT2D eigenvalue weighted by molar-refractivity contribution is 7.19. The second kappa shape index (κ2) is 6.72. The summed E-state index contributed by atoms with van der Waals surface area (Å²) in [5, 5.41) is 0.625. The summed E-state index contributed by atoms with van der Waals surface area (Å²) in [6.45, 7) is 2.09.